The van der Waals surface area contributed by atoms with Gasteiger partial charge in [0.25, 0.3) is 5.56 Å². The second kappa shape index (κ2) is 7.41. The van der Waals surface area contributed by atoms with E-state index in [-0.39, 0.29) is 16.0 Å². The molecule has 6 nitrogen and oxygen atoms in total. The predicted octanol–water partition coefficient (Wildman–Crippen LogP) is 3.46. The molecular weight excluding hydrogens is 400 g/mol. The molecule has 28 heavy (non-hydrogen) atoms. The number of halogens is 1. The van der Waals surface area contributed by atoms with Crippen LogP contribution in [0.2, 0.25) is 5.02 Å². The quantitative estimate of drug-likeness (QED) is 0.642. The number of carbonyl (C=O) groups excluding carboxylic acids is 1. The van der Waals surface area contributed by atoms with E-state index in [0.717, 1.165) is 6.26 Å². The Bertz CT molecular complexity index is 1220. The molecular formula is C20H19ClN2O4S. The largest absolute Gasteiger partial charge is 0.302 e. The average molecular weight is 419 g/mol. The molecule has 3 rings (SSSR count). The first kappa shape index (κ1) is 20.1. The minimum Gasteiger partial charge on any atom is -0.302 e. The van der Waals surface area contributed by atoms with Crippen LogP contribution in [0.4, 0.5) is 0 Å². The van der Waals surface area contributed by atoms with Crippen molar-refractivity contribution in [3.05, 3.63) is 74.7 Å². The highest BCUT2D eigenvalue weighted by atomic mass is 35.5. The third-order valence-corrected chi connectivity index (χ3v) is 6.00. The zero-order chi connectivity index (χ0) is 20.6. The standard InChI is InChI=1S/C20H19ClN2O4S/c1-4-23-20(25)16(11-22-23)19(24)15-9-10-17(28(3,26)27)18(12(15)2)13-5-7-14(21)8-6-13/h5-11,22H,4H2,1-3H3. The Balaban J connectivity index is 2.26. The van der Waals surface area contributed by atoms with E-state index in [1.807, 2.05) is 0 Å². The number of nitrogens with zero attached hydrogens (tertiary/aromatic N) is 1. The smallest absolute Gasteiger partial charge is 0.277 e. The first-order chi connectivity index (χ1) is 13.1. The second-order valence-corrected chi connectivity index (χ2v) is 8.88. The van der Waals surface area contributed by atoms with Gasteiger partial charge < -0.3 is 5.10 Å². The lowest BCUT2D eigenvalue weighted by Gasteiger charge is -2.15. The Morgan fingerprint density at radius 1 is 1.11 bits per heavy atom. The van der Waals surface area contributed by atoms with Crippen molar-refractivity contribution in [2.24, 2.45) is 0 Å². The SMILES string of the molecule is CCn1[nH]cc(C(=O)c2ccc(S(C)(=O)=O)c(-c3ccc(Cl)cc3)c2C)c1=O. The fourth-order valence-corrected chi connectivity index (χ4v) is 4.25. The van der Waals surface area contributed by atoms with E-state index in [1.54, 1.807) is 38.1 Å². The Morgan fingerprint density at radius 2 is 1.75 bits per heavy atom. The highest BCUT2D eigenvalue weighted by Crippen LogP contribution is 2.34. The van der Waals surface area contributed by atoms with Gasteiger partial charge in [0.05, 0.1) is 4.90 Å². The molecule has 0 aliphatic carbocycles. The predicted molar refractivity (Wildman–Crippen MR) is 109 cm³/mol. The van der Waals surface area contributed by atoms with Crippen LogP contribution in [-0.4, -0.2) is 30.2 Å². The molecule has 3 aromatic rings. The summed E-state index contributed by atoms with van der Waals surface area (Å²) in [4.78, 5) is 25.5. The number of hydrogen-bond donors (Lipinski definition) is 1. The summed E-state index contributed by atoms with van der Waals surface area (Å²) >= 11 is 5.95. The molecule has 1 heterocycles. The van der Waals surface area contributed by atoms with Crippen molar-refractivity contribution >= 4 is 27.2 Å². The topological polar surface area (TPSA) is 89.0 Å². The summed E-state index contributed by atoms with van der Waals surface area (Å²) in [6.45, 7) is 3.88. The van der Waals surface area contributed by atoms with Crippen molar-refractivity contribution in [1.82, 2.24) is 9.78 Å². The molecule has 0 aliphatic heterocycles. The van der Waals surface area contributed by atoms with Gasteiger partial charge in [0.15, 0.2) is 15.6 Å². The molecule has 0 aliphatic rings. The fourth-order valence-electron chi connectivity index (χ4n) is 3.17. The summed E-state index contributed by atoms with van der Waals surface area (Å²) in [6, 6.07) is 9.58. The number of aryl methyl sites for hydroxylation is 1. The van der Waals surface area contributed by atoms with Crippen LogP contribution in [0.1, 0.15) is 28.4 Å². The zero-order valence-corrected chi connectivity index (χ0v) is 17.2. The van der Waals surface area contributed by atoms with Crippen LogP contribution in [0.15, 0.2) is 52.3 Å². The van der Waals surface area contributed by atoms with Crippen LogP contribution < -0.4 is 5.56 Å². The average Bonchev–Trinajstić information content (AvgIpc) is 3.01. The highest BCUT2D eigenvalue weighted by Gasteiger charge is 2.24. The van der Waals surface area contributed by atoms with E-state index < -0.39 is 21.2 Å². The summed E-state index contributed by atoms with van der Waals surface area (Å²) in [5.41, 5.74) is 1.41. The van der Waals surface area contributed by atoms with Gasteiger partial charge in [0.2, 0.25) is 0 Å². The van der Waals surface area contributed by atoms with Crippen molar-refractivity contribution < 1.29 is 13.2 Å². The molecule has 0 saturated carbocycles. The summed E-state index contributed by atoms with van der Waals surface area (Å²) in [7, 11) is -3.55. The van der Waals surface area contributed by atoms with Crippen LogP contribution in [0.25, 0.3) is 11.1 Å². The summed E-state index contributed by atoms with van der Waals surface area (Å²) in [6.07, 6.45) is 2.49. The minimum atomic E-state index is -3.55. The van der Waals surface area contributed by atoms with Crippen LogP contribution in [0, 0.1) is 6.92 Å². The number of H-pyrrole nitrogens is 1. The van der Waals surface area contributed by atoms with Gasteiger partial charge in [-0.05, 0) is 49.2 Å². The number of rotatable bonds is 5. The summed E-state index contributed by atoms with van der Waals surface area (Å²) < 4.78 is 26.0. The first-order valence-corrected chi connectivity index (χ1v) is 10.8. The Morgan fingerprint density at radius 3 is 2.29 bits per heavy atom. The third-order valence-electron chi connectivity index (χ3n) is 4.60. The molecule has 0 amide bonds. The van der Waals surface area contributed by atoms with Crippen molar-refractivity contribution in [2.45, 2.75) is 25.3 Å². The maximum atomic E-state index is 13.0. The molecule has 0 radical (unpaired) electrons. The number of nitrogens with one attached hydrogen (secondary N) is 1. The molecule has 0 bridgehead atoms. The van der Waals surface area contributed by atoms with E-state index in [1.165, 1.54) is 23.0 Å². The molecule has 0 unspecified atom stereocenters. The van der Waals surface area contributed by atoms with Crippen molar-refractivity contribution in [2.75, 3.05) is 6.26 Å². The third kappa shape index (κ3) is 3.55. The molecule has 146 valence electrons. The van der Waals surface area contributed by atoms with Crippen molar-refractivity contribution in [3.63, 3.8) is 0 Å². The van der Waals surface area contributed by atoms with Gasteiger partial charge in [-0.2, -0.15) is 0 Å². The number of ketones is 1. The van der Waals surface area contributed by atoms with E-state index in [4.69, 9.17) is 11.6 Å². The van der Waals surface area contributed by atoms with Gasteiger partial charge in [0, 0.05) is 35.1 Å². The maximum Gasteiger partial charge on any atom is 0.277 e. The van der Waals surface area contributed by atoms with Gasteiger partial charge in [-0.25, -0.2) is 8.42 Å². The lowest BCUT2D eigenvalue weighted by Crippen LogP contribution is -2.21. The van der Waals surface area contributed by atoms with Crippen LogP contribution in [-0.2, 0) is 16.4 Å². The number of sulfone groups is 1. The number of aromatic amines is 1. The Kier molecular flexibility index (Phi) is 5.32. The number of benzene rings is 2. The summed E-state index contributed by atoms with van der Waals surface area (Å²) in [5, 5.41) is 3.27. The number of carbonyl (C=O) groups is 1. The highest BCUT2D eigenvalue weighted by molar-refractivity contribution is 7.90. The molecule has 1 aromatic heterocycles. The molecule has 0 spiro atoms. The van der Waals surface area contributed by atoms with Crippen LogP contribution in [0.5, 0.6) is 0 Å². The number of hydrogen-bond acceptors (Lipinski definition) is 4. The van der Waals surface area contributed by atoms with E-state index in [2.05, 4.69) is 5.10 Å². The van der Waals surface area contributed by atoms with Gasteiger partial charge in [-0.1, -0.05) is 23.7 Å². The van der Waals surface area contributed by atoms with Crippen LogP contribution >= 0.6 is 11.6 Å². The zero-order valence-electron chi connectivity index (χ0n) is 15.6. The fraction of sp³-hybridized carbons (Fsp3) is 0.200. The minimum absolute atomic E-state index is 0.0131. The summed E-state index contributed by atoms with van der Waals surface area (Å²) in [5.74, 6) is -0.457. The van der Waals surface area contributed by atoms with Gasteiger partial charge in [0.1, 0.15) is 5.56 Å². The molecule has 2 aromatic carbocycles. The van der Waals surface area contributed by atoms with E-state index in [9.17, 15) is 18.0 Å². The van der Waals surface area contributed by atoms with Crippen molar-refractivity contribution in [1.29, 1.82) is 0 Å². The maximum absolute atomic E-state index is 13.0. The van der Waals surface area contributed by atoms with Gasteiger partial charge in [-0.15, -0.1) is 0 Å². The van der Waals surface area contributed by atoms with E-state index in [0.29, 0.717) is 28.3 Å². The normalized spacial score (nSPS) is 11.6. The lowest BCUT2D eigenvalue weighted by molar-refractivity contribution is 0.103. The number of aromatic nitrogens is 2. The second-order valence-electron chi connectivity index (χ2n) is 6.46. The molecule has 8 heteroatoms. The first-order valence-electron chi connectivity index (χ1n) is 8.57. The lowest BCUT2D eigenvalue weighted by atomic mass is 9.93. The molecule has 0 atom stereocenters. The van der Waals surface area contributed by atoms with Gasteiger partial charge >= 0.3 is 0 Å². The molecule has 1 N–H and O–H groups in total. The van der Waals surface area contributed by atoms with Gasteiger partial charge in [-0.3, -0.25) is 14.3 Å². The van der Waals surface area contributed by atoms with Crippen molar-refractivity contribution in [3.8, 4) is 11.1 Å². The molecule has 0 saturated heterocycles. The van der Waals surface area contributed by atoms with E-state index >= 15 is 0 Å². The Hall–Kier alpha value is -2.64. The Labute approximate surface area is 167 Å². The monoisotopic (exact) mass is 418 g/mol. The molecule has 0 fully saturated rings. The van der Waals surface area contributed by atoms with Crippen LogP contribution in [0.3, 0.4) is 0 Å².